The van der Waals surface area contributed by atoms with E-state index in [0.717, 1.165) is 27.7 Å². The van der Waals surface area contributed by atoms with Crippen LogP contribution in [0.15, 0.2) is 41.3 Å². The Hall–Kier alpha value is -2.71. The Morgan fingerprint density at radius 2 is 1.77 bits per heavy atom. The molecule has 7 nitrogen and oxygen atoms in total. The molecule has 1 aliphatic heterocycles. The summed E-state index contributed by atoms with van der Waals surface area (Å²) in [4.78, 5) is 20.7. The molecule has 1 aliphatic rings. The van der Waals surface area contributed by atoms with E-state index >= 15 is 0 Å². The molecule has 0 aliphatic carbocycles. The lowest BCUT2D eigenvalue weighted by atomic mass is 9.97. The number of hydrogen-bond donors (Lipinski definition) is 2. The van der Waals surface area contributed by atoms with Crippen molar-refractivity contribution in [1.29, 1.82) is 0 Å². The average molecular weight is 441 g/mol. The van der Waals surface area contributed by atoms with Crippen LogP contribution in [0.3, 0.4) is 0 Å². The molecule has 0 radical (unpaired) electrons. The summed E-state index contributed by atoms with van der Waals surface area (Å²) in [5.74, 6) is 0.455. The molecule has 0 atom stereocenters. The van der Waals surface area contributed by atoms with Gasteiger partial charge in [-0.25, -0.2) is 13.4 Å². The monoisotopic (exact) mass is 440 g/mol. The van der Waals surface area contributed by atoms with Gasteiger partial charge in [-0.05, 0) is 56.9 Å². The molecule has 1 amide bonds. The summed E-state index contributed by atoms with van der Waals surface area (Å²) in [7, 11) is -3.57. The van der Waals surface area contributed by atoms with Gasteiger partial charge in [0.15, 0.2) is 0 Å². The number of amides is 1. The molecule has 1 fully saturated rings. The van der Waals surface area contributed by atoms with Crippen molar-refractivity contribution in [3.63, 3.8) is 0 Å². The first-order valence-electron chi connectivity index (χ1n) is 10.5. The van der Waals surface area contributed by atoms with E-state index in [1.54, 1.807) is 0 Å². The van der Waals surface area contributed by atoms with Gasteiger partial charge in [-0.3, -0.25) is 4.79 Å². The number of rotatable bonds is 5. The molecule has 3 aromatic rings. The predicted octanol–water partition coefficient (Wildman–Crippen LogP) is 3.21. The Kier molecular flexibility index (Phi) is 5.85. The molecule has 1 aromatic heterocycles. The number of aromatic nitrogens is 2. The van der Waals surface area contributed by atoms with Crippen LogP contribution in [0.4, 0.5) is 0 Å². The van der Waals surface area contributed by atoms with Crippen LogP contribution in [0.1, 0.15) is 35.4 Å². The highest BCUT2D eigenvalue weighted by Crippen LogP contribution is 2.28. The molecular formula is C23H28N4O3S. The Morgan fingerprint density at radius 3 is 2.42 bits per heavy atom. The maximum atomic E-state index is 13.2. The van der Waals surface area contributed by atoms with E-state index < -0.39 is 10.0 Å². The molecule has 0 unspecified atom stereocenters. The van der Waals surface area contributed by atoms with Gasteiger partial charge in [-0.1, -0.05) is 29.8 Å². The number of fused-ring (bicyclic) bond motifs is 1. The predicted molar refractivity (Wildman–Crippen MR) is 120 cm³/mol. The number of nitrogens with one attached hydrogen (secondary N) is 2. The topological polar surface area (TPSA) is 95.2 Å². The first-order valence-corrected chi connectivity index (χ1v) is 12.0. The van der Waals surface area contributed by atoms with Crippen LogP contribution in [0, 0.1) is 26.7 Å². The fourth-order valence-electron chi connectivity index (χ4n) is 4.47. The van der Waals surface area contributed by atoms with Gasteiger partial charge in [0, 0.05) is 19.0 Å². The minimum atomic E-state index is -3.57. The summed E-state index contributed by atoms with van der Waals surface area (Å²) >= 11 is 0. The Bertz CT molecular complexity index is 1170. The first kappa shape index (κ1) is 21.5. The van der Waals surface area contributed by atoms with E-state index in [9.17, 15) is 13.2 Å². The SMILES string of the molecule is Cc1cc(C)c(S(=O)(=O)N2CCC(C(=O)NCc3nc4ccccc4[nH]3)CC2)c(C)c1. The third kappa shape index (κ3) is 4.36. The van der Waals surface area contributed by atoms with E-state index in [1.165, 1.54) is 4.31 Å². The summed E-state index contributed by atoms with van der Waals surface area (Å²) in [6.45, 7) is 6.66. The highest BCUT2D eigenvalue weighted by molar-refractivity contribution is 7.89. The summed E-state index contributed by atoms with van der Waals surface area (Å²) in [5.41, 5.74) is 4.39. The number of aromatic amines is 1. The maximum absolute atomic E-state index is 13.2. The van der Waals surface area contributed by atoms with Gasteiger partial charge < -0.3 is 10.3 Å². The maximum Gasteiger partial charge on any atom is 0.243 e. The Labute approximate surface area is 182 Å². The molecule has 2 heterocycles. The standard InChI is InChI=1S/C23H28N4O3S/c1-15-12-16(2)22(17(3)13-15)31(29,30)27-10-8-18(9-11-27)23(28)24-14-21-25-19-6-4-5-7-20(19)26-21/h4-7,12-13,18H,8-11,14H2,1-3H3,(H,24,28)(H,25,26). The van der Waals surface area contributed by atoms with Crippen molar-refractivity contribution in [3.05, 3.63) is 58.9 Å². The molecule has 4 rings (SSSR count). The van der Waals surface area contributed by atoms with Gasteiger partial charge in [-0.2, -0.15) is 4.31 Å². The zero-order valence-electron chi connectivity index (χ0n) is 18.1. The van der Waals surface area contributed by atoms with Crippen LogP contribution in [0.2, 0.25) is 0 Å². The lowest BCUT2D eigenvalue weighted by molar-refractivity contribution is -0.126. The first-order chi connectivity index (χ1) is 14.8. The second kappa shape index (κ2) is 8.43. The third-order valence-corrected chi connectivity index (χ3v) is 8.10. The number of para-hydroxylation sites is 2. The molecule has 0 saturated carbocycles. The molecule has 31 heavy (non-hydrogen) atoms. The number of benzene rings is 2. The largest absolute Gasteiger partial charge is 0.349 e. The van der Waals surface area contributed by atoms with E-state index in [-0.39, 0.29) is 11.8 Å². The lowest BCUT2D eigenvalue weighted by Gasteiger charge is -2.31. The van der Waals surface area contributed by atoms with E-state index in [4.69, 9.17) is 0 Å². The lowest BCUT2D eigenvalue weighted by Crippen LogP contribution is -2.43. The Balaban J connectivity index is 1.37. The fraction of sp³-hybridized carbons (Fsp3) is 0.391. The number of imidazole rings is 1. The summed E-state index contributed by atoms with van der Waals surface area (Å²) in [6.07, 6.45) is 1.02. The second-order valence-corrected chi connectivity index (χ2v) is 10.2. The quantitative estimate of drug-likeness (QED) is 0.637. The molecule has 0 spiro atoms. The molecule has 8 heteroatoms. The zero-order chi connectivity index (χ0) is 22.2. The van der Waals surface area contributed by atoms with Crippen LogP contribution in [0.5, 0.6) is 0 Å². The van der Waals surface area contributed by atoms with Crippen LogP contribution in [0.25, 0.3) is 11.0 Å². The molecular weight excluding hydrogens is 412 g/mol. The van der Waals surface area contributed by atoms with Crippen LogP contribution >= 0.6 is 0 Å². The Morgan fingerprint density at radius 1 is 1.13 bits per heavy atom. The minimum absolute atomic E-state index is 0.0554. The van der Waals surface area contributed by atoms with Crippen molar-refractivity contribution in [2.45, 2.75) is 45.1 Å². The fourth-order valence-corrected chi connectivity index (χ4v) is 6.35. The van der Waals surface area contributed by atoms with Gasteiger partial charge in [-0.15, -0.1) is 0 Å². The van der Waals surface area contributed by atoms with E-state index in [1.807, 2.05) is 57.2 Å². The van der Waals surface area contributed by atoms with Crippen molar-refractivity contribution < 1.29 is 13.2 Å². The molecule has 164 valence electrons. The van der Waals surface area contributed by atoms with Gasteiger partial charge in [0.2, 0.25) is 15.9 Å². The van der Waals surface area contributed by atoms with Crippen LogP contribution < -0.4 is 5.32 Å². The summed E-state index contributed by atoms with van der Waals surface area (Å²) in [6, 6.07) is 11.5. The van der Waals surface area contributed by atoms with Gasteiger partial charge in [0.1, 0.15) is 5.82 Å². The molecule has 0 bridgehead atoms. The van der Waals surface area contributed by atoms with E-state index in [0.29, 0.717) is 43.2 Å². The number of aryl methyl sites for hydroxylation is 3. The number of carbonyl (C=O) groups is 1. The highest BCUT2D eigenvalue weighted by Gasteiger charge is 2.33. The number of H-pyrrole nitrogens is 1. The number of nitrogens with zero attached hydrogens (tertiary/aromatic N) is 2. The summed E-state index contributed by atoms with van der Waals surface area (Å²) < 4.78 is 28.0. The minimum Gasteiger partial charge on any atom is -0.349 e. The van der Waals surface area contributed by atoms with Gasteiger partial charge in [0.05, 0.1) is 22.5 Å². The number of hydrogen-bond acceptors (Lipinski definition) is 4. The van der Waals surface area contributed by atoms with Crippen LogP contribution in [-0.4, -0.2) is 41.7 Å². The zero-order valence-corrected chi connectivity index (χ0v) is 18.9. The van der Waals surface area contributed by atoms with Crippen LogP contribution in [-0.2, 0) is 21.4 Å². The third-order valence-electron chi connectivity index (χ3n) is 5.90. The van der Waals surface area contributed by atoms with Crippen molar-refractivity contribution >= 4 is 27.0 Å². The highest BCUT2D eigenvalue weighted by atomic mass is 32.2. The second-order valence-electron chi connectivity index (χ2n) is 8.32. The van der Waals surface area contributed by atoms with Gasteiger partial charge >= 0.3 is 0 Å². The number of sulfonamides is 1. The number of piperidine rings is 1. The average Bonchev–Trinajstić information content (AvgIpc) is 3.14. The molecule has 1 saturated heterocycles. The van der Waals surface area contributed by atoms with E-state index in [2.05, 4.69) is 15.3 Å². The number of carbonyl (C=O) groups excluding carboxylic acids is 1. The van der Waals surface area contributed by atoms with Crippen molar-refractivity contribution in [2.24, 2.45) is 5.92 Å². The van der Waals surface area contributed by atoms with Crippen molar-refractivity contribution in [3.8, 4) is 0 Å². The summed E-state index contributed by atoms with van der Waals surface area (Å²) in [5, 5.41) is 2.94. The smallest absolute Gasteiger partial charge is 0.243 e. The van der Waals surface area contributed by atoms with Gasteiger partial charge in [0.25, 0.3) is 0 Å². The molecule has 2 N–H and O–H groups in total. The van der Waals surface area contributed by atoms with Crippen molar-refractivity contribution in [1.82, 2.24) is 19.6 Å². The molecule has 2 aromatic carbocycles. The normalized spacial score (nSPS) is 16.0. The van der Waals surface area contributed by atoms with Crippen molar-refractivity contribution in [2.75, 3.05) is 13.1 Å².